The highest BCUT2D eigenvalue weighted by molar-refractivity contribution is 5.73. The minimum Gasteiger partial charge on any atom is -0.462 e. The molecule has 5 unspecified atom stereocenters. The topological polar surface area (TPSA) is 35.5 Å². The maximum Gasteiger partial charge on any atom is 0.311 e. The van der Waals surface area contributed by atoms with Gasteiger partial charge in [0.15, 0.2) is 0 Å². The summed E-state index contributed by atoms with van der Waals surface area (Å²) in [6.45, 7) is 9.68. The smallest absolute Gasteiger partial charge is 0.311 e. The van der Waals surface area contributed by atoms with Gasteiger partial charge in [0.2, 0.25) is 0 Å². The molecular formula is C19H34O3. The lowest BCUT2D eigenvalue weighted by molar-refractivity contribution is -0.162. The Morgan fingerprint density at radius 2 is 2.05 bits per heavy atom. The Balaban J connectivity index is 1.93. The fourth-order valence-corrected chi connectivity index (χ4v) is 4.09. The quantitative estimate of drug-likeness (QED) is 0.673. The SMILES string of the molecule is CCCCC1OCCC1C(=O)OC1CC(C)CCC1C(C)C. The van der Waals surface area contributed by atoms with E-state index in [2.05, 4.69) is 27.7 Å². The number of carbonyl (C=O) groups is 1. The molecule has 128 valence electrons. The van der Waals surface area contributed by atoms with E-state index in [9.17, 15) is 4.79 Å². The first-order valence-corrected chi connectivity index (χ1v) is 9.35. The lowest BCUT2D eigenvalue weighted by Crippen LogP contribution is -2.38. The van der Waals surface area contributed by atoms with Crippen LogP contribution in [0.25, 0.3) is 0 Å². The Hall–Kier alpha value is -0.570. The van der Waals surface area contributed by atoms with Gasteiger partial charge in [0.05, 0.1) is 12.0 Å². The third kappa shape index (κ3) is 4.47. The van der Waals surface area contributed by atoms with Crippen LogP contribution >= 0.6 is 0 Å². The minimum atomic E-state index is -0.0309. The van der Waals surface area contributed by atoms with Crippen molar-refractivity contribution in [3.05, 3.63) is 0 Å². The first-order chi connectivity index (χ1) is 10.5. The second kappa shape index (κ2) is 8.33. The Morgan fingerprint density at radius 3 is 2.73 bits per heavy atom. The van der Waals surface area contributed by atoms with E-state index < -0.39 is 0 Å². The number of rotatable bonds is 6. The maximum atomic E-state index is 12.7. The van der Waals surface area contributed by atoms with E-state index in [0.717, 1.165) is 32.1 Å². The number of esters is 1. The van der Waals surface area contributed by atoms with Crippen molar-refractivity contribution in [3.63, 3.8) is 0 Å². The summed E-state index contributed by atoms with van der Waals surface area (Å²) in [5.74, 6) is 1.75. The molecular weight excluding hydrogens is 276 g/mol. The number of carbonyl (C=O) groups excluding carboxylic acids is 1. The van der Waals surface area contributed by atoms with Gasteiger partial charge in [-0.15, -0.1) is 0 Å². The summed E-state index contributed by atoms with van der Waals surface area (Å²) >= 11 is 0. The van der Waals surface area contributed by atoms with Crippen molar-refractivity contribution in [3.8, 4) is 0 Å². The van der Waals surface area contributed by atoms with Crippen LogP contribution in [0, 0.1) is 23.7 Å². The summed E-state index contributed by atoms with van der Waals surface area (Å²) in [6.07, 6.45) is 7.80. The number of ether oxygens (including phenoxy) is 2. The van der Waals surface area contributed by atoms with Gasteiger partial charge in [-0.1, -0.05) is 47.0 Å². The summed E-state index contributed by atoms with van der Waals surface area (Å²) in [4.78, 5) is 12.7. The number of hydrogen-bond donors (Lipinski definition) is 0. The molecule has 3 nitrogen and oxygen atoms in total. The van der Waals surface area contributed by atoms with Crippen LogP contribution in [0.2, 0.25) is 0 Å². The molecule has 22 heavy (non-hydrogen) atoms. The van der Waals surface area contributed by atoms with Gasteiger partial charge in [-0.3, -0.25) is 4.79 Å². The first-order valence-electron chi connectivity index (χ1n) is 9.35. The van der Waals surface area contributed by atoms with Crippen LogP contribution < -0.4 is 0 Å². The zero-order chi connectivity index (χ0) is 16.1. The highest BCUT2D eigenvalue weighted by Gasteiger charge is 2.39. The largest absolute Gasteiger partial charge is 0.462 e. The molecule has 1 saturated heterocycles. The van der Waals surface area contributed by atoms with Gasteiger partial charge in [-0.05, 0) is 43.4 Å². The molecule has 0 aromatic carbocycles. The highest BCUT2D eigenvalue weighted by Crippen LogP contribution is 2.36. The lowest BCUT2D eigenvalue weighted by Gasteiger charge is -2.37. The van der Waals surface area contributed by atoms with Gasteiger partial charge >= 0.3 is 5.97 Å². The molecule has 2 rings (SSSR count). The molecule has 0 bridgehead atoms. The van der Waals surface area contributed by atoms with E-state index in [4.69, 9.17) is 9.47 Å². The van der Waals surface area contributed by atoms with Crippen molar-refractivity contribution < 1.29 is 14.3 Å². The van der Waals surface area contributed by atoms with Crippen molar-refractivity contribution >= 4 is 5.97 Å². The monoisotopic (exact) mass is 310 g/mol. The first kappa shape index (κ1) is 17.8. The van der Waals surface area contributed by atoms with Crippen molar-refractivity contribution in [2.75, 3.05) is 6.61 Å². The fraction of sp³-hybridized carbons (Fsp3) is 0.947. The highest BCUT2D eigenvalue weighted by atomic mass is 16.6. The van der Waals surface area contributed by atoms with Gasteiger partial charge < -0.3 is 9.47 Å². The molecule has 0 aromatic rings. The summed E-state index contributed by atoms with van der Waals surface area (Å²) in [5, 5.41) is 0. The summed E-state index contributed by atoms with van der Waals surface area (Å²) < 4.78 is 11.8. The predicted octanol–water partition coefficient (Wildman–Crippen LogP) is 4.59. The molecule has 0 N–H and O–H groups in total. The molecule has 1 aliphatic carbocycles. The van der Waals surface area contributed by atoms with E-state index in [-0.39, 0.29) is 24.1 Å². The third-order valence-corrected chi connectivity index (χ3v) is 5.58. The van der Waals surface area contributed by atoms with E-state index in [1.54, 1.807) is 0 Å². The van der Waals surface area contributed by atoms with E-state index in [1.807, 2.05) is 0 Å². The van der Waals surface area contributed by atoms with Crippen LogP contribution in [0.1, 0.15) is 72.6 Å². The maximum absolute atomic E-state index is 12.7. The molecule has 0 aromatic heterocycles. The van der Waals surface area contributed by atoms with Crippen molar-refractivity contribution in [2.45, 2.75) is 84.8 Å². The minimum absolute atomic E-state index is 0.00310. The van der Waals surface area contributed by atoms with E-state index in [1.165, 1.54) is 12.8 Å². The Morgan fingerprint density at radius 1 is 1.27 bits per heavy atom. The molecule has 0 amide bonds. The third-order valence-electron chi connectivity index (χ3n) is 5.58. The van der Waals surface area contributed by atoms with Crippen LogP contribution in [0.4, 0.5) is 0 Å². The molecule has 1 aliphatic heterocycles. The van der Waals surface area contributed by atoms with E-state index in [0.29, 0.717) is 24.4 Å². The zero-order valence-electron chi connectivity index (χ0n) is 14.8. The molecule has 2 aliphatic rings. The molecule has 0 radical (unpaired) electrons. The van der Waals surface area contributed by atoms with Gasteiger partial charge in [-0.2, -0.15) is 0 Å². The zero-order valence-corrected chi connectivity index (χ0v) is 14.8. The molecule has 5 atom stereocenters. The standard InChI is InChI=1S/C19H34O3/c1-5-6-7-17-16(10-11-21-17)19(20)22-18-12-14(4)8-9-15(18)13(2)3/h13-18H,5-12H2,1-4H3. The summed E-state index contributed by atoms with van der Waals surface area (Å²) in [7, 11) is 0. The summed E-state index contributed by atoms with van der Waals surface area (Å²) in [5.41, 5.74) is 0. The van der Waals surface area contributed by atoms with Crippen LogP contribution in [-0.2, 0) is 14.3 Å². The molecule has 3 heteroatoms. The average Bonchev–Trinajstić information content (AvgIpc) is 2.93. The van der Waals surface area contributed by atoms with Crippen molar-refractivity contribution in [1.29, 1.82) is 0 Å². The molecule has 2 fully saturated rings. The number of unbranched alkanes of at least 4 members (excludes halogenated alkanes) is 1. The second-order valence-electron chi connectivity index (χ2n) is 7.75. The Bertz CT molecular complexity index is 353. The fourth-order valence-electron chi connectivity index (χ4n) is 4.09. The lowest BCUT2D eigenvalue weighted by atomic mass is 9.75. The average molecular weight is 310 g/mol. The van der Waals surface area contributed by atoms with Crippen LogP contribution in [-0.4, -0.2) is 24.8 Å². The predicted molar refractivity (Wildman–Crippen MR) is 88.6 cm³/mol. The number of hydrogen-bond acceptors (Lipinski definition) is 3. The van der Waals surface area contributed by atoms with Gasteiger partial charge in [-0.25, -0.2) is 0 Å². The molecule has 1 heterocycles. The van der Waals surface area contributed by atoms with Crippen molar-refractivity contribution in [2.24, 2.45) is 23.7 Å². The molecule has 0 spiro atoms. The second-order valence-corrected chi connectivity index (χ2v) is 7.75. The Kier molecular flexibility index (Phi) is 6.73. The van der Waals surface area contributed by atoms with E-state index >= 15 is 0 Å². The van der Waals surface area contributed by atoms with Gasteiger partial charge in [0.1, 0.15) is 6.10 Å². The normalized spacial score (nSPS) is 35.8. The van der Waals surface area contributed by atoms with Gasteiger partial charge in [0, 0.05) is 6.61 Å². The van der Waals surface area contributed by atoms with Crippen molar-refractivity contribution in [1.82, 2.24) is 0 Å². The Labute approximate surface area is 136 Å². The molecule has 1 saturated carbocycles. The van der Waals surface area contributed by atoms with Gasteiger partial charge in [0.25, 0.3) is 0 Å². The van der Waals surface area contributed by atoms with Crippen LogP contribution in [0.5, 0.6) is 0 Å². The summed E-state index contributed by atoms with van der Waals surface area (Å²) in [6, 6.07) is 0. The van der Waals surface area contributed by atoms with Crippen LogP contribution in [0.15, 0.2) is 0 Å². The van der Waals surface area contributed by atoms with Crippen LogP contribution in [0.3, 0.4) is 0 Å².